The lowest BCUT2D eigenvalue weighted by atomic mass is 9.93. The monoisotopic (exact) mass is 409 g/mol. The number of esters is 1. The van der Waals surface area contributed by atoms with Crippen molar-refractivity contribution in [3.8, 4) is 17.2 Å². The normalized spacial score (nSPS) is 15.4. The highest BCUT2D eigenvalue weighted by Gasteiger charge is 2.33. The standard InChI is InChI=1S/C19H17Cl2NO5/c1-2-25-19(24)12-7-8-26-16-13(12)9-14(20)17(15(16)21)27-11-5-3-10(4-6-11)18(22)23/h3-6,9,12H,2,7-8H2,1H3,(H2,22,23). The van der Waals surface area contributed by atoms with E-state index in [4.69, 9.17) is 43.1 Å². The van der Waals surface area contributed by atoms with Gasteiger partial charge in [-0.25, -0.2) is 0 Å². The summed E-state index contributed by atoms with van der Waals surface area (Å²) in [6, 6.07) is 7.83. The Kier molecular flexibility index (Phi) is 5.77. The summed E-state index contributed by atoms with van der Waals surface area (Å²) >= 11 is 12.8. The van der Waals surface area contributed by atoms with Crippen molar-refractivity contribution in [1.29, 1.82) is 0 Å². The molecule has 1 amide bonds. The first kappa shape index (κ1) is 19.3. The second-order valence-corrected chi connectivity index (χ2v) is 6.64. The summed E-state index contributed by atoms with van der Waals surface area (Å²) < 4.78 is 16.6. The van der Waals surface area contributed by atoms with Crippen LogP contribution in [0, 0.1) is 0 Å². The van der Waals surface area contributed by atoms with Crippen molar-refractivity contribution in [1.82, 2.24) is 0 Å². The van der Waals surface area contributed by atoms with Crippen LogP contribution in [0.25, 0.3) is 0 Å². The van der Waals surface area contributed by atoms with Gasteiger partial charge >= 0.3 is 5.97 Å². The van der Waals surface area contributed by atoms with Gasteiger partial charge < -0.3 is 19.9 Å². The van der Waals surface area contributed by atoms with Gasteiger partial charge in [-0.2, -0.15) is 0 Å². The zero-order chi connectivity index (χ0) is 19.6. The number of amides is 1. The van der Waals surface area contributed by atoms with Crippen LogP contribution in [-0.2, 0) is 9.53 Å². The van der Waals surface area contributed by atoms with Crippen molar-refractivity contribution in [3.63, 3.8) is 0 Å². The van der Waals surface area contributed by atoms with Gasteiger partial charge in [-0.05, 0) is 43.7 Å². The SMILES string of the molecule is CCOC(=O)C1CCOc2c1cc(Cl)c(Oc1ccc(C(N)=O)cc1)c2Cl. The van der Waals surface area contributed by atoms with Gasteiger partial charge in [0.1, 0.15) is 16.5 Å². The molecule has 0 spiro atoms. The Morgan fingerprint density at radius 3 is 2.59 bits per heavy atom. The fourth-order valence-corrected chi connectivity index (χ4v) is 3.43. The van der Waals surface area contributed by atoms with Crippen LogP contribution < -0.4 is 15.2 Å². The van der Waals surface area contributed by atoms with Gasteiger partial charge in [0, 0.05) is 11.1 Å². The topological polar surface area (TPSA) is 87.8 Å². The number of benzene rings is 2. The van der Waals surface area contributed by atoms with Gasteiger partial charge in [-0.1, -0.05) is 23.2 Å². The van der Waals surface area contributed by atoms with E-state index in [1.165, 1.54) is 12.1 Å². The van der Waals surface area contributed by atoms with Gasteiger partial charge in [0.2, 0.25) is 5.91 Å². The fraction of sp³-hybridized carbons (Fsp3) is 0.263. The lowest BCUT2D eigenvalue weighted by molar-refractivity contribution is -0.145. The quantitative estimate of drug-likeness (QED) is 0.742. The van der Waals surface area contributed by atoms with Crippen LogP contribution in [0.1, 0.15) is 35.2 Å². The second-order valence-electron chi connectivity index (χ2n) is 5.85. The Labute approximate surface area is 166 Å². The van der Waals surface area contributed by atoms with Gasteiger partial charge in [0.05, 0.1) is 24.2 Å². The van der Waals surface area contributed by atoms with E-state index in [-0.39, 0.29) is 28.4 Å². The molecule has 3 rings (SSSR count). The number of nitrogens with two attached hydrogens (primary N) is 1. The third-order valence-corrected chi connectivity index (χ3v) is 4.74. The van der Waals surface area contributed by atoms with E-state index in [2.05, 4.69) is 0 Å². The van der Waals surface area contributed by atoms with Gasteiger partial charge in [-0.3, -0.25) is 9.59 Å². The second kappa shape index (κ2) is 8.06. The van der Waals surface area contributed by atoms with Crippen molar-refractivity contribution in [2.24, 2.45) is 5.73 Å². The van der Waals surface area contributed by atoms with Crippen molar-refractivity contribution >= 4 is 35.1 Å². The van der Waals surface area contributed by atoms with E-state index >= 15 is 0 Å². The molecule has 1 aliphatic rings. The maximum Gasteiger partial charge on any atom is 0.313 e. The van der Waals surface area contributed by atoms with Gasteiger partial charge in [-0.15, -0.1) is 0 Å². The molecule has 1 atom stereocenters. The third-order valence-electron chi connectivity index (χ3n) is 4.12. The minimum Gasteiger partial charge on any atom is -0.492 e. The third kappa shape index (κ3) is 3.96. The van der Waals surface area contributed by atoms with Gasteiger partial charge in [0.25, 0.3) is 0 Å². The van der Waals surface area contributed by atoms with Crippen LogP contribution in [0.3, 0.4) is 0 Å². The molecule has 0 fully saturated rings. The van der Waals surface area contributed by atoms with E-state index in [0.29, 0.717) is 35.7 Å². The number of hydrogen-bond donors (Lipinski definition) is 1. The number of halogens is 2. The molecule has 2 aromatic carbocycles. The molecule has 1 aliphatic heterocycles. The van der Waals surface area contributed by atoms with Crippen LogP contribution >= 0.6 is 23.2 Å². The molecule has 142 valence electrons. The molecule has 8 heteroatoms. The van der Waals surface area contributed by atoms with E-state index < -0.39 is 11.8 Å². The number of carbonyl (C=O) groups is 2. The first-order valence-electron chi connectivity index (χ1n) is 8.31. The fourth-order valence-electron chi connectivity index (χ4n) is 2.83. The maximum absolute atomic E-state index is 12.2. The molecule has 6 nitrogen and oxygen atoms in total. The minimum atomic E-state index is -0.537. The van der Waals surface area contributed by atoms with E-state index in [0.717, 1.165) is 0 Å². The summed E-state index contributed by atoms with van der Waals surface area (Å²) in [5.74, 6) is -0.397. The number of rotatable bonds is 5. The molecule has 0 saturated carbocycles. The number of ether oxygens (including phenoxy) is 3. The summed E-state index contributed by atoms with van der Waals surface area (Å²) in [4.78, 5) is 23.4. The molecular formula is C19H17Cl2NO5. The molecule has 2 aromatic rings. The predicted octanol–water partition coefficient (Wildman–Crippen LogP) is 4.31. The van der Waals surface area contributed by atoms with Crippen LogP contribution in [-0.4, -0.2) is 25.1 Å². The number of carbonyl (C=O) groups excluding carboxylic acids is 2. The molecule has 0 radical (unpaired) electrons. The molecule has 27 heavy (non-hydrogen) atoms. The highest BCUT2D eigenvalue weighted by Crippen LogP contribution is 2.48. The van der Waals surface area contributed by atoms with Crippen LogP contribution in [0.15, 0.2) is 30.3 Å². The molecule has 0 aromatic heterocycles. The number of hydrogen-bond acceptors (Lipinski definition) is 5. The lowest BCUT2D eigenvalue weighted by Gasteiger charge is -2.26. The van der Waals surface area contributed by atoms with Crippen LogP contribution in [0.4, 0.5) is 0 Å². The van der Waals surface area contributed by atoms with Crippen molar-refractivity contribution in [3.05, 3.63) is 51.5 Å². The molecule has 1 unspecified atom stereocenters. The Morgan fingerprint density at radius 1 is 1.26 bits per heavy atom. The highest BCUT2D eigenvalue weighted by atomic mass is 35.5. The zero-order valence-corrected chi connectivity index (χ0v) is 16.0. The summed E-state index contributed by atoms with van der Waals surface area (Å²) in [6.07, 6.45) is 0.479. The van der Waals surface area contributed by atoms with E-state index in [1.807, 2.05) is 0 Å². The molecule has 1 heterocycles. The van der Waals surface area contributed by atoms with Crippen molar-refractivity contribution in [2.45, 2.75) is 19.3 Å². The zero-order valence-electron chi connectivity index (χ0n) is 14.5. The van der Waals surface area contributed by atoms with Crippen molar-refractivity contribution in [2.75, 3.05) is 13.2 Å². The molecule has 0 aliphatic carbocycles. The van der Waals surface area contributed by atoms with Crippen LogP contribution in [0.2, 0.25) is 10.0 Å². The largest absolute Gasteiger partial charge is 0.492 e. The van der Waals surface area contributed by atoms with E-state index in [9.17, 15) is 9.59 Å². The lowest BCUT2D eigenvalue weighted by Crippen LogP contribution is -2.23. The summed E-state index contributed by atoms with van der Waals surface area (Å²) in [5.41, 5.74) is 6.15. The summed E-state index contributed by atoms with van der Waals surface area (Å²) in [5, 5.41) is 0.406. The Morgan fingerprint density at radius 2 is 1.96 bits per heavy atom. The molecule has 2 N–H and O–H groups in total. The molecular weight excluding hydrogens is 393 g/mol. The number of fused-ring (bicyclic) bond motifs is 1. The summed E-state index contributed by atoms with van der Waals surface area (Å²) in [7, 11) is 0. The molecule has 0 saturated heterocycles. The maximum atomic E-state index is 12.2. The first-order valence-corrected chi connectivity index (χ1v) is 9.07. The van der Waals surface area contributed by atoms with E-state index in [1.54, 1.807) is 25.1 Å². The predicted molar refractivity (Wildman–Crippen MR) is 101 cm³/mol. The van der Waals surface area contributed by atoms with Crippen LogP contribution in [0.5, 0.6) is 17.2 Å². The minimum absolute atomic E-state index is 0.172. The highest BCUT2D eigenvalue weighted by molar-refractivity contribution is 6.38. The van der Waals surface area contributed by atoms with Crippen molar-refractivity contribution < 1.29 is 23.8 Å². The summed E-state index contributed by atoms with van der Waals surface area (Å²) in [6.45, 7) is 2.36. The number of primary amides is 1. The Balaban J connectivity index is 1.94. The first-order chi connectivity index (χ1) is 12.9. The Bertz CT molecular complexity index is 883. The average Bonchev–Trinajstić information content (AvgIpc) is 2.65. The molecule has 0 bridgehead atoms. The smallest absolute Gasteiger partial charge is 0.313 e. The Hall–Kier alpha value is -2.44. The van der Waals surface area contributed by atoms with Gasteiger partial charge in [0.15, 0.2) is 5.75 Å². The average molecular weight is 410 g/mol.